The van der Waals surface area contributed by atoms with Crippen molar-refractivity contribution in [1.29, 1.82) is 0 Å². The van der Waals surface area contributed by atoms with E-state index >= 15 is 0 Å². The molecule has 0 bridgehead atoms. The van der Waals surface area contributed by atoms with Crippen LogP contribution in [0.5, 0.6) is 0 Å². The summed E-state index contributed by atoms with van der Waals surface area (Å²) in [5.41, 5.74) is 5.65. The van der Waals surface area contributed by atoms with E-state index in [-0.39, 0.29) is 24.4 Å². The highest BCUT2D eigenvalue weighted by Gasteiger charge is 2.36. The molecule has 34 heavy (non-hydrogen) atoms. The van der Waals surface area contributed by atoms with E-state index in [4.69, 9.17) is 5.73 Å². The third kappa shape index (κ3) is 13.5. The van der Waals surface area contributed by atoms with Crippen LogP contribution < -0.4 is 5.73 Å². The first-order valence-electron chi connectivity index (χ1n) is 14.3. The standard InChI is InChI=1S/C28H53N3O3/c1-3-5-7-8-9-10-11-12-13-14-15-19-26(32)22-25(18-16-17-20-29)23-30-24-27(33)31(28(30)34)21-6-4-2/h25H,3-24,29H2,1-2H3. The molecule has 1 unspecified atom stereocenters. The van der Waals surface area contributed by atoms with Gasteiger partial charge in [0.25, 0.3) is 0 Å². The summed E-state index contributed by atoms with van der Waals surface area (Å²) in [6.07, 6.45) is 19.8. The molecule has 0 spiro atoms. The van der Waals surface area contributed by atoms with Gasteiger partial charge in [-0.25, -0.2) is 4.79 Å². The zero-order valence-corrected chi connectivity index (χ0v) is 22.3. The van der Waals surface area contributed by atoms with Crippen molar-refractivity contribution in [3.8, 4) is 0 Å². The van der Waals surface area contributed by atoms with Crippen LogP contribution in [0.25, 0.3) is 0 Å². The zero-order chi connectivity index (χ0) is 25.0. The monoisotopic (exact) mass is 479 g/mol. The summed E-state index contributed by atoms with van der Waals surface area (Å²) in [6.45, 7) is 6.11. The number of urea groups is 1. The van der Waals surface area contributed by atoms with E-state index in [1.54, 1.807) is 4.90 Å². The Hall–Kier alpha value is -1.43. The summed E-state index contributed by atoms with van der Waals surface area (Å²) >= 11 is 0. The predicted octanol–water partition coefficient (Wildman–Crippen LogP) is 6.46. The highest BCUT2D eigenvalue weighted by Crippen LogP contribution is 2.21. The smallest absolute Gasteiger partial charge is 0.327 e. The van der Waals surface area contributed by atoms with E-state index in [0.717, 1.165) is 44.9 Å². The average Bonchev–Trinajstić information content (AvgIpc) is 3.08. The lowest BCUT2D eigenvalue weighted by Crippen LogP contribution is -2.36. The van der Waals surface area contributed by atoms with Gasteiger partial charge in [0.2, 0.25) is 5.91 Å². The van der Waals surface area contributed by atoms with Gasteiger partial charge in [-0.1, -0.05) is 90.9 Å². The molecular formula is C28H53N3O3. The number of hydrogen-bond acceptors (Lipinski definition) is 4. The molecule has 0 aliphatic carbocycles. The molecule has 6 nitrogen and oxygen atoms in total. The molecule has 0 aromatic carbocycles. The Morgan fingerprint density at radius 2 is 1.41 bits per heavy atom. The molecule has 1 heterocycles. The lowest BCUT2D eigenvalue weighted by atomic mass is 9.93. The minimum absolute atomic E-state index is 0.105. The minimum atomic E-state index is -0.180. The van der Waals surface area contributed by atoms with Gasteiger partial charge in [-0.05, 0) is 38.1 Å². The van der Waals surface area contributed by atoms with Gasteiger partial charge in [-0.3, -0.25) is 14.5 Å². The van der Waals surface area contributed by atoms with Gasteiger partial charge in [0, 0.05) is 25.9 Å². The van der Waals surface area contributed by atoms with Crippen LogP contribution in [-0.2, 0) is 9.59 Å². The first kappa shape index (κ1) is 30.6. The van der Waals surface area contributed by atoms with Crippen LogP contribution in [0, 0.1) is 5.92 Å². The Morgan fingerprint density at radius 3 is 2.00 bits per heavy atom. The van der Waals surface area contributed by atoms with Gasteiger partial charge in [0.05, 0.1) is 0 Å². The Bertz CT molecular complexity index is 567. The number of carbonyl (C=O) groups excluding carboxylic acids is 3. The molecule has 0 aromatic rings. The molecule has 1 aliphatic heterocycles. The highest BCUT2D eigenvalue weighted by molar-refractivity contribution is 6.02. The quantitative estimate of drug-likeness (QED) is 0.135. The van der Waals surface area contributed by atoms with Crippen molar-refractivity contribution in [2.45, 2.75) is 129 Å². The molecule has 0 saturated carbocycles. The number of hydrogen-bond donors (Lipinski definition) is 1. The molecule has 6 heteroatoms. The minimum Gasteiger partial charge on any atom is -0.330 e. The maximum Gasteiger partial charge on any atom is 0.327 e. The summed E-state index contributed by atoms with van der Waals surface area (Å²) in [6, 6.07) is -0.180. The lowest BCUT2D eigenvalue weighted by molar-refractivity contribution is -0.125. The van der Waals surface area contributed by atoms with Crippen molar-refractivity contribution in [2.24, 2.45) is 11.7 Å². The van der Waals surface area contributed by atoms with Crippen molar-refractivity contribution >= 4 is 17.7 Å². The largest absolute Gasteiger partial charge is 0.330 e. The van der Waals surface area contributed by atoms with Gasteiger partial charge < -0.3 is 10.6 Å². The van der Waals surface area contributed by atoms with E-state index < -0.39 is 0 Å². The van der Waals surface area contributed by atoms with Gasteiger partial charge >= 0.3 is 6.03 Å². The van der Waals surface area contributed by atoms with Crippen LogP contribution in [-0.4, -0.2) is 53.7 Å². The van der Waals surface area contributed by atoms with E-state index in [0.29, 0.717) is 38.3 Å². The van der Waals surface area contributed by atoms with Crippen molar-refractivity contribution in [2.75, 3.05) is 26.2 Å². The number of nitrogens with two attached hydrogens (primary N) is 1. The number of imide groups is 1. The number of ketones is 1. The number of unbranched alkanes of at least 4 members (excludes halogenated alkanes) is 12. The van der Waals surface area contributed by atoms with E-state index in [1.165, 1.54) is 62.7 Å². The van der Waals surface area contributed by atoms with Crippen LogP contribution in [0.3, 0.4) is 0 Å². The topological polar surface area (TPSA) is 83.7 Å². The number of rotatable bonds is 23. The molecule has 1 fully saturated rings. The van der Waals surface area contributed by atoms with Crippen LogP contribution >= 0.6 is 0 Å². The fraction of sp³-hybridized carbons (Fsp3) is 0.893. The lowest BCUT2D eigenvalue weighted by Gasteiger charge is -2.23. The van der Waals surface area contributed by atoms with Crippen LogP contribution in [0.15, 0.2) is 0 Å². The fourth-order valence-corrected chi connectivity index (χ4v) is 4.83. The van der Waals surface area contributed by atoms with E-state index in [2.05, 4.69) is 13.8 Å². The first-order valence-corrected chi connectivity index (χ1v) is 14.3. The van der Waals surface area contributed by atoms with Crippen molar-refractivity contribution in [3.05, 3.63) is 0 Å². The molecule has 3 amide bonds. The molecular weight excluding hydrogens is 426 g/mol. The predicted molar refractivity (Wildman–Crippen MR) is 141 cm³/mol. The molecule has 1 rings (SSSR count). The second-order valence-corrected chi connectivity index (χ2v) is 10.2. The Kier molecular flexibility index (Phi) is 17.8. The normalized spacial score (nSPS) is 14.9. The molecule has 198 valence electrons. The maximum absolute atomic E-state index is 12.7. The SMILES string of the molecule is CCCCCCCCCCCCCC(=O)CC(CCCCN)CN1CC(=O)N(CCCC)C1=O. The molecule has 1 aliphatic rings. The molecule has 0 aromatic heterocycles. The third-order valence-electron chi connectivity index (χ3n) is 6.98. The molecule has 1 atom stereocenters. The van der Waals surface area contributed by atoms with Gasteiger partial charge in [-0.2, -0.15) is 0 Å². The van der Waals surface area contributed by atoms with E-state index in [9.17, 15) is 14.4 Å². The van der Waals surface area contributed by atoms with Crippen molar-refractivity contribution < 1.29 is 14.4 Å². The Balaban J connectivity index is 2.30. The Labute approximate surface area is 209 Å². The third-order valence-corrected chi connectivity index (χ3v) is 6.98. The summed E-state index contributed by atoms with van der Waals surface area (Å²) in [5, 5.41) is 0. The number of carbonyl (C=O) groups is 3. The number of nitrogens with zero attached hydrogens (tertiary/aromatic N) is 2. The zero-order valence-electron chi connectivity index (χ0n) is 22.3. The van der Waals surface area contributed by atoms with Gasteiger partial charge in [-0.15, -0.1) is 0 Å². The summed E-state index contributed by atoms with van der Waals surface area (Å²) in [4.78, 5) is 40.7. The maximum atomic E-state index is 12.7. The van der Waals surface area contributed by atoms with Crippen LogP contribution in [0.4, 0.5) is 4.79 Å². The second-order valence-electron chi connectivity index (χ2n) is 10.2. The Morgan fingerprint density at radius 1 is 0.824 bits per heavy atom. The van der Waals surface area contributed by atoms with Crippen molar-refractivity contribution in [1.82, 2.24) is 9.80 Å². The molecule has 0 radical (unpaired) electrons. The summed E-state index contributed by atoms with van der Waals surface area (Å²) in [7, 11) is 0. The summed E-state index contributed by atoms with van der Waals surface area (Å²) in [5.74, 6) is 0.315. The summed E-state index contributed by atoms with van der Waals surface area (Å²) < 4.78 is 0. The number of Topliss-reactive ketones (excluding diaryl/α,β-unsaturated/α-hetero) is 1. The highest BCUT2D eigenvalue weighted by atomic mass is 16.2. The van der Waals surface area contributed by atoms with Crippen molar-refractivity contribution in [3.63, 3.8) is 0 Å². The first-order chi connectivity index (χ1) is 16.5. The molecule has 2 N–H and O–H groups in total. The fourth-order valence-electron chi connectivity index (χ4n) is 4.83. The average molecular weight is 480 g/mol. The molecule has 1 saturated heterocycles. The van der Waals surface area contributed by atoms with Crippen LogP contribution in [0.1, 0.15) is 129 Å². The number of amides is 3. The second kappa shape index (κ2) is 19.8. The van der Waals surface area contributed by atoms with Crippen LogP contribution in [0.2, 0.25) is 0 Å². The van der Waals surface area contributed by atoms with Gasteiger partial charge in [0.1, 0.15) is 12.3 Å². The van der Waals surface area contributed by atoms with Gasteiger partial charge in [0.15, 0.2) is 0 Å². The van der Waals surface area contributed by atoms with E-state index in [1.807, 2.05) is 0 Å².